The second-order valence-corrected chi connectivity index (χ2v) is 5.51. The predicted molar refractivity (Wildman–Crippen MR) is 64.8 cm³/mol. The molecule has 15 heavy (non-hydrogen) atoms. The zero-order chi connectivity index (χ0) is 10.1. The Labute approximate surface area is 93.5 Å². The average molecular weight is 202 g/mol. The van der Waals surface area contributed by atoms with Crippen LogP contribution in [0.25, 0.3) is 0 Å². The fourth-order valence-corrected chi connectivity index (χ4v) is 3.65. The maximum Gasteiger partial charge on any atom is -0.0103 e. The first-order valence-corrected chi connectivity index (χ1v) is 6.83. The summed E-state index contributed by atoms with van der Waals surface area (Å²) in [5.41, 5.74) is 7.40. The Hall–Kier alpha value is -0.520. The Morgan fingerprint density at radius 3 is 1.20 bits per heavy atom. The van der Waals surface area contributed by atoms with Crippen molar-refractivity contribution in [1.29, 1.82) is 0 Å². The van der Waals surface area contributed by atoms with Crippen LogP contribution < -0.4 is 0 Å². The lowest BCUT2D eigenvalue weighted by atomic mass is 10.0. The summed E-state index contributed by atoms with van der Waals surface area (Å²) >= 11 is 0. The Bertz CT molecular complexity index is 269. The molecule has 3 aliphatic carbocycles. The third-order valence-corrected chi connectivity index (χ3v) is 4.57. The lowest BCUT2D eigenvalue weighted by molar-refractivity contribution is 0.886. The van der Waals surface area contributed by atoms with Crippen LogP contribution in [0.2, 0.25) is 0 Å². The third kappa shape index (κ3) is 1.91. The van der Waals surface area contributed by atoms with Crippen LogP contribution in [0.1, 0.15) is 70.6 Å². The van der Waals surface area contributed by atoms with Crippen LogP contribution in [0.4, 0.5) is 0 Å². The monoisotopic (exact) mass is 202 g/mol. The molecule has 0 spiro atoms. The molecule has 82 valence electrons. The number of hydrogen-bond acceptors (Lipinski definition) is 0. The van der Waals surface area contributed by atoms with Crippen molar-refractivity contribution in [3.8, 4) is 0 Å². The zero-order valence-electron chi connectivity index (χ0n) is 9.78. The Balaban J connectivity index is 1.77. The van der Waals surface area contributed by atoms with Crippen LogP contribution in [0.3, 0.4) is 0 Å². The fourth-order valence-electron chi connectivity index (χ4n) is 3.65. The van der Waals surface area contributed by atoms with E-state index < -0.39 is 0 Å². The van der Waals surface area contributed by atoms with E-state index >= 15 is 0 Å². The van der Waals surface area contributed by atoms with Gasteiger partial charge < -0.3 is 0 Å². The highest BCUT2D eigenvalue weighted by atomic mass is 14.3. The summed E-state index contributed by atoms with van der Waals surface area (Å²) in [5.74, 6) is 0. The molecule has 3 aliphatic rings. The van der Waals surface area contributed by atoms with Gasteiger partial charge in [-0.3, -0.25) is 0 Å². The average Bonchev–Trinajstić information content (AvgIpc) is 3.02. The molecule has 0 radical (unpaired) electrons. The summed E-state index contributed by atoms with van der Waals surface area (Å²) in [6, 6.07) is 0. The van der Waals surface area contributed by atoms with E-state index in [2.05, 4.69) is 0 Å². The predicted octanol–water partition coefficient (Wildman–Crippen LogP) is 4.91. The van der Waals surface area contributed by atoms with Crippen LogP contribution in [-0.4, -0.2) is 0 Å². The molecule has 0 atom stereocenters. The first-order valence-electron chi connectivity index (χ1n) is 6.83. The zero-order valence-corrected chi connectivity index (χ0v) is 9.78. The van der Waals surface area contributed by atoms with E-state index in [1.807, 2.05) is 22.3 Å². The van der Waals surface area contributed by atoms with Gasteiger partial charge in [0.1, 0.15) is 0 Å². The molecule has 0 aliphatic heterocycles. The van der Waals surface area contributed by atoms with Crippen molar-refractivity contribution >= 4 is 0 Å². The summed E-state index contributed by atoms with van der Waals surface area (Å²) in [5, 5.41) is 0. The second kappa shape index (κ2) is 4.15. The molecule has 0 aromatic rings. The smallest absolute Gasteiger partial charge is 0.0103 e. The fraction of sp³-hybridized carbons (Fsp3) is 0.733. The second-order valence-electron chi connectivity index (χ2n) is 5.51. The van der Waals surface area contributed by atoms with Gasteiger partial charge in [0.2, 0.25) is 0 Å². The van der Waals surface area contributed by atoms with Crippen LogP contribution in [0, 0.1) is 0 Å². The van der Waals surface area contributed by atoms with E-state index in [1.165, 1.54) is 70.6 Å². The van der Waals surface area contributed by atoms with Gasteiger partial charge in [0.15, 0.2) is 0 Å². The van der Waals surface area contributed by atoms with Gasteiger partial charge >= 0.3 is 0 Å². The summed E-state index contributed by atoms with van der Waals surface area (Å²) < 4.78 is 0. The summed E-state index contributed by atoms with van der Waals surface area (Å²) in [6.07, 6.45) is 15.8. The summed E-state index contributed by atoms with van der Waals surface area (Å²) in [7, 11) is 0. The molecule has 0 amide bonds. The molecular formula is C15H22. The van der Waals surface area contributed by atoms with Crippen molar-refractivity contribution in [3.63, 3.8) is 0 Å². The molecule has 0 aromatic carbocycles. The van der Waals surface area contributed by atoms with Crippen molar-refractivity contribution in [2.45, 2.75) is 70.6 Å². The quantitative estimate of drug-likeness (QED) is 0.489. The first kappa shape index (κ1) is 9.69. The molecule has 0 bridgehead atoms. The van der Waals surface area contributed by atoms with Crippen molar-refractivity contribution in [1.82, 2.24) is 0 Å². The molecule has 0 saturated heterocycles. The van der Waals surface area contributed by atoms with Crippen molar-refractivity contribution in [3.05, 3.63) is 22.3 Å². The van der Waals surface area contributed by atoms with E-state index in [4.69, 9.17) is 0 Å². The van der Waals surface area contributed by atoms with Gasteiger partial charge in [-0.05, 0) is 70.6 Å². The Morgan fingerprint density at radius 1 is 0.400 bits per heavy atom. The standard InChI is InChI=1S/C15H22/c1-2-6-12(5-1)14-9-10-15(11-14)13-7-3-4-8-13/h1-11H2. The van der Waals surface area contributed by atoms with Crippen LogP contribution in [0.15, 0.2) is 22.3 Å². The van der Waals surface area contributed by atoms with Gasteiger partial charge in [-0.2, -0.15) is 0 Å². The van der Waals surface area contributed by atoms with Gasteiger partial charge in [0.25, 0.3) is 0 Å². The maximum absolute atomic E-state index is 1.85. The molecule has 0 heteroatoms. The third-order valence-electron chi connectivity index (χ3n) is 4.57. The van der Waals surface area contributed by atoms with E-state index in [9.17, 15) is 0 Å². The van der Waals surface area contributed by atoms with Gasteiger partial charge in [-0.1, -0.05) is 22.3 Å². The minimum Gasteiger partial charge on any atom is -0.0707 e. The number of allylic oxidation sites excluding steroid dienone is 4. The Kier molecular flexibility index (Phi) is 2.68. The summed E-state index contributed by atoms with van der Waals surface area (Å²) in [4.78, 5) is 0. The van der Waals surface area contributed by atoms with Crippen molar-refractivity contribution in [2.24, 2.45) is 0 Å². The van der Waals surface area contributed by atoms with E-state index in [0.717, 1.165) is 0 Å². The lowest BCUT2D eigenvalue weighted by Gasteiger charge is -2.04. The van der Waals surface area contributed by atoms with E-state index in [0.29, 0.717) is 0 Å². The molecule has 0 aromatic heterocycles. The van der Waals surface area contributed by atoms with Gasteiger partial charge in [0.05, 0.1) is 0 Å². The normalized spacial score (nSPS) is 27.2. The van der Waals surface area contributed by atoms with Crippen molar-refractivity contribution in [2.75, 3.05) is 0 Å². The molecule has 3 saturated carbocycles. The number of hydrogen-bond donors (Lipinski definition) is 0. The molecule has 3 fully saturated rings. The molecule has 0 nitrogen and oxygen atoms in total. The minimum atomic E-state index is 1.38. The van der Waals surface area contributed by atoms with Gasteiger partial charge in [0, 0.05) is 0 Å². The highest BCUT2D eigenvalue weighted by Crippen LogP contribution is 2.41. The molecule has 0 unspecified atom stereocenters. The van der Waals surface area contributed by atoms with Crippen molar-refractivity contribution < 1.29 is 0 Å². The first-order chi connectivity index (χ1) is 7.43. The molecule has 3 rings (SSSR count). The Morgan fingerprint density at radius 2 is 0.800 bits per heavy atom. The topological polar surface area (TPSA) is 0 Å². The highest BCUT2D eigenvalue weighted by molar-refractivity contribution is 5.33. The van der Waals surface area contributed by atoms with Gasteiger partial charge in [-0.15, -0.1) is 0 Å². The van der Waals surface area contributed by atoms with Gasteiger partial charge in [-0.25, -0.2) is 0 Å². The van der Waals surface area contributed by atoms with Crippen LogP contribution >= 0.6 is 0 Å². The molecular weight excluding hydrogens is 180 g/mol. The highest BCUT2D eigenvalue weighted by Gasteiger charge is 2.22. The minimum absolute atomic E-state index is 1.38. The SMILES string of the molecule is C1CCC(=C2CCC(=C3CCCC3)C2)C1. The largest absolute Gasteiger partial charge is 0.0707 e. The van der Waals surface area contributed by atoms with Crippen LogP contribution in [0.5, 0.6) is 0 Å². The molecule has 0 heterocycles. The van der Waals surface area contributed by atoms with Crippen LogP contribution in [-0.2, 0) is 0 Å². The summed E-state index contributed by atoms with van der Waals surface area (Å²) in [6.45, 7) is 0. The molecule has 0 N–H and O–H groups in total. The van der Waals surface area contributed by atoms with E-state index in [1.54, 1.807) is 0 Å². The maximum atomic E-state index is 1.85. The van der Waals surface area contributed by atoms with E-state index in [-0.39, 0.29) is 0 Å². The number of rotatable bonds is 0. The lowest BCUT2D eigenvalue weighted by Crippen LogP contribution is -1.83.